The van der Waals surface area contributed by atoms with Gasteiger partial charge in [-0.15, -0.1) is 0 Å². The first-order chi connectivity index (χ1) is 12.6. The van der Waals surface area contributed by atoms with Crippen molar-refractivity contribution in [2.75, 3.05) is 43.5 Å². The van der Waals surface area contributed by atoms with Gasteiger partial charge in [-0.3, -0.25) is 9.59 Å². The fourth-order valence-corrected chi connectivity index (χ4v) is 3.03. The number of hydrogen-bond acceptors (Lipinski definition) is 4. The maximum Gasteiger partial charge on any atom is 0.254 e. The molecule has 1 heterocycles. The Morgan fingerprint density at radius 1 is 1.04 bits per heavy atom. The second-order valence-electron chi connectivity index (χ2n) is 5.89. The average Bonchev–Trinajstić information content (AvgIpc) is 2.67. The minimum absolute atomic E-state index is 0.00671. The van der Waals surface area contributed by atoms with Crippen molar-refractivity contribution in [3.05, 3.63) is 58.6 Å². The number of anilines is 2. The van der Waals surface area contributed by atoms with Crippen molar-refractivity contribution in [2.45, 2.75) is 0 Å². The predicted molar refractivity (Wildman–Crippen MR) is 104 cm³/mol. The Balaban J connectivity index is 1.51. The van der Waals surface area contributed by atoms with E-state index in [4.69, 9.17) is 4.74 Å². The Morgan fingerprint density at radius 3 is 2.46 bits per heavy atom. The number of carbonyl (C=O) groups is 2. The van der Waals surface area contributed by atoms with Crippen LogP contribution in [0.2, 0.25) is 0 Å². The van der Waals surface area contributed by atoms with E-state index in [1.165, 1.54) is 0 Å². The predicted octanol–water partition coefficient (Wildman–Crippen LogP) is 2.97. The molecule has 3 rings (SSSR count). The Kier molecular flexibility index (Phi) is 6.25. The lowest BCUT2D eigenvalue weighted by atomic mass is 10.1. The normalized spacial score (nSPS) is 14.0. The lowest BCUT2D eigenvalue weighted by molar-refractivity contribution is -0.114. The topological polar surface area (TPSA) is 70.7 Å². The van der Waals surface area contributed by atoms with E-state index >= 15 is 0 Å². The highest BCUT2D eigenvalue weighted by atomic mass is 79.9. The first-order valence-corrected chi connectivity index (χ1v) is 9.17. The highest BCUT2D eigenvalue weighted by molar-refractivity contribution is 9.10. The quantitative estimate of drug-likeness (QED) is 0.784. The zero-order chi connectivity index (χ0) is 18.4. The first kappa shape index (κ1) is 18.4. The summed E-state index contributed by atoms with van der Waals surface area (Å²) in [4.78, 5) is 26.2. The molecule has 2 N–H and O–H groups in total. The van der Waals surface area contributed by atoms with Gasteiger partial charge in [0.2, 0.25) is 5.91 Å². The summed E-state index contributed by atoms with van der Waals surface area (Å²) in [6, 6.07) is 14.6. The van der Waals surface area contributed by atoms with E-state index in [1.807, 2.05) is 24.3 Å². The molecule has 1 aliphatic rings. The molecular weight excluding hydrogens is 398 g/mol. The van der Waals surface area contributed by atoms with Gasteiger partial charge in [0.25, 0.3) is 5.91 Å². The molecule has 2 amide bonds. The number of halogens is 1. The number of rotatable bonds is 5. The molecule has 6 nitrogen and oxygen atoms in total. The summed E-state index contributed by atoms with van der Waals surface area (Å²) < 4.78 is 6.17. The molecular formula is C19H20BrN3O3. The van der Waals surface area contributed by atoms with Gasteiger partial charge in [-0.2, -0.15) is 0 Å². The van der Waals surface area contributed by atoms with E-state index in [1.54, 1.807) is 29.2 Å². The number of amides is 2. The van der Waals surface area contributed by atoms with Gasteiger partial charge in [0.15, 0.2) is 0 Å². The van der Waals surface area contributed by atoms with E-state index < -0.39 is 0 Å². The van der Waals surface area contributed by atoms with E-state index in [2.05, 4.69) is 26.6 Å². The fraction of sp³-hybridized carbons (Fsp3) is 0.263. The van der Waals surface area contributed by atoms with Crippen molar-refractivity contribution < 1.29 is 14.3 Å². The molecule has 0 unspecified atom stereocenters. The van der Waals surface area contributed by atoms with E-state index in [0.717, 1.165) is 15.8 Å². The van der Waals surface area contributed by atoms with Gasteiger partial charge in [-0.05, 0) is 42.5 Å². The molecule has 0 radical (unpaired) electrons. The van der Waals surface area contributed by atoms with Crippen LogP contribution >= 0.6 is 15.9 Å². The molecule has 2 aromatic rings. The van der Waals surface area contributed by atoms with Crippen LogP contribution in [-0.2, 0) is 9.53 Å². The summed E-state index contributed by atoms with van der Waals surface area (Å²) in [6.45, 7) is 2.55. The average molecular weight is 418 g/mol. The highest BCUT2D eigenvalue weighted by Crippen LogP contribution is 2.16. The summed E-state index contributed by atoms with van der Waals surface area (Å²) in [5.41, 5.74) is 2.15. The molecule has 0 bridgehead atoms. The van der Waals surface area contributed by atoms with Crippen molar-refractivity contribution >= 4 is 39.1 Å². The third-order valence-corrected chi connectivity index (χ3v) is 4.48. The smallest absolute Gasteiger partial charge is 0.254 e. The van der Waals surface area contributed by atoms with Gasteiger partial charge in [-0.1, -0.05) is 22.0 Å². The molecule has 0 saturated carbocycles. The number of benzene rings is 2. The van der Waals surface area contributed by atoms with Gasteiger partial charge >= 0.3 is 0 Å². The molecule has 1 aliphatic heterocycles. The molecule has 26 heavy (non-hydrogen) atoms. The van der Waals surface area contributed by atoms with Crippen LogP contribution in [0.4, 0.5) is 11.4 Å². The second kappa shape index (κ2) is 8.82. The molecule has 7 heteroatoms. The van der Waals surface area contributed by atoms with Crippen LogP contribution < -0.4 is 10.6 Å². The van der Waals surface area contributed by atoms with Gasteiger partial charge in [-0.25, -0.2) is 0 Å². The Morgan fingerprint density at radius 2 is 1.77 bits per heavy atom. The number of carbonyl (C=O) groups excluding carboxylic acids is 2. The van der Waals surface area contributed by atoms with Crippen molar-refractivity contribution in [3.63, 3.8) is 0 Å². The largest absolute Gasteiger partial charge is 0.378 e. The molecule has 0 aromatic heterocycles. The maximum atomic E-state index is 12.4. The lowest BCUT2D eigenvalue weighted by Crippen LogP contribution is -2.40. The third-order valence-electron chi connectivity index (χ3n) is 3.99. The minimum atomic E-state index is -0.142. The molecule has 136 valence electrons. The van der Waals surface area contributed by atoms with Crippen LogP contribution in [0.5, 0.6) is 0 Å². The number of nitrogens with one attached hydrogen (secondary N) is 2. The summed E-state index contributed by atoms with van der Waals surface area (Å²) >= 11 is 3.37. The lowest BCUT2D eigenvalue weighted by Gasteiger charge is -2.26. The standard InChI is InChI=1S/C19H20BrN3O3/c20-15-2-1-3-17(12-15)22-18(24)13-21-16-6-4-14(5-7-16)19(25)23-8-10-26-11-9-23/h1-7,12,21H,8-11,13H2,(H,22,24). The summed E-state index contributed by atoms with van der Waals surface area (Å²) in [5.74, 6) is -0.135. The number of ether oxygens (including phenoxy) is 1. The molecule has 1 saturated heterocycles. The molecule has 1 fully saturated rings. The zero-order valence-electron chi connectivity index (χ0n) is 14.2. The second-order valence-corrected chi connectivity index (χ2v) is 6.81. The SMILES string of the molecule is O=C(CNc1ccc(C(=O)N2CCOCC2)cc1)Nc1cccc(Br)c1. The molecule has 0 spiro atoms. The van der Waals surface area contributed by atoms with Crippen molar-refractivity contribution in [1.82, 2.24) is 4.90 Å². The van der Waals surface area contributed by atoms with Gasteiger partial charge in [0, 0.05) is 34.5 Å². The van der Waals surface area contributed by atoms with E-state index in [-0.39, 0.29) is 18.4 Å². The van der Waals surface area contributed by atoms with Crippen LogP contribution in [0, 0.1) is 0 Å². The zero-order valence-corrected chi connectivity index (χ0v) is 15.8. The molecule has 0 aliphatic carbocycles. The van der Waals surface area contributed by atoms with E-state index in [9.17, 15) is 9.59 Å². The number of hydrogen-bond donors (Lipinski definition) is 2. The van der Waals surface area contributed by atoms with Gasteiger partial charge < -0.3 is 20.3 Å². The summed E-state index contributed by atoms with van der Waals surface area (Å²) in [6.07, 6.45) is 0. The number of nitrogens with zero attached hydrogens (tertiary/aromatic N) is 1. The van der Waals surface area contributed by atoms with Gasteiger partial charge in [0.1, 0.15) is 0 Å². The number of morpholine rings is 1. The van der Waals surface area contributed by atoms with Crippen LogP contribution in [0.1, 0.15) is 10.4 Å². The van der Waals surface area contributed by atoms with Crippen molar-refractivity contribution in [1.29, 1.82) is 0 Å². The third kappa shape index (κ3) is 5.06. The molecule has 2 aromatic carbocycles. The Labute approximate surface area is 160 Å². The molecule has 0 atom stereocenters. The Hall–Kier alpha value is -2.38. The minimum Gasteiger partial charge on any atom is -0.378 e. The van der Waals surface area contributed by atoms with Crippen molar-refractivity contribution in [3.8, 4) is 0 Å². The first-order valence-electron chi connectivity index (χ1n) is 8.38. The summed E-state index contributed by atoms with van der Waals surface area (Å²) in [7, 11) is 0. The van der Waals surface area contributed by atoms with Crippen LogP contribution in [0.15, 0.2) is 53.0 Å². The highest BCUT2D eigenvalue weighted by Gasteiger charge is 2.18. The summed E-state index contributed by atoms with van der Waals surface area (Å²) in [5, 5.41) is 5.88. The maximum absolute atomic E-state index is 12.4. The fourth-order valence-electron chi connectivity index (χ4n) is 2.63. The van der Waals surface area contributed by atoms with Gasteiger partial charge in [0.05, 0.1) is 19.8 Å². The van der Waals surface area contributed by atoms with Crippen LogP contribution in [0.25, 0.3) is 0 Å². The van der Waals surface area contributed by atoms with Crippen LogP contribution in [-0.4, -0.2) is 49.6 Å². The van der Waals surface area contributed by atoms with E-state index in [0.29, 0.717) is 31.9 Å². The van der Waals surface area contributed by atoms with Crippen molar-refractivity contribution in [2.24, 2.45) is 0 Å². The Bertz CT molecular complexity index is 774. The van der Waals surface area contributed by atoms with Crippen LogP contribution in [0.3, 0.4) is 0 Å². The monoisotopic (exact) mass is 417 g/mol.